The minimum atomic E-state index is -0.256. The van der Waals surface area contributed by atoms with Crippen LogP contribution in [0.15, 0.2) is 36.4 Å². The number of rotatable bonds is 4. The van der Waals surface area contributed by atoms with Crippen LogP contribution in [-0.4, -0.2) is 0 Å². The minimum absolute atomic E-state index is 0.256. The van der Waals surface area contributed by atoms with E-state index in [1.165, 1.54) is 12.1 Å². The van der Waals surface area contributed by atoms with E-state index < -0.39 is 0 Å². The normalized spacial score (nSPS) is 10.4. The fourth-order valence-corrected chi connectivity index (χ4v) is 2.11. The molecular formula is C12H12FNOS. The highest BCUT2D eigenvalue weighted by Crippen LogP contribution is 2.19. The number of thiophene rings is 1. The molecule has 4 heteroatoms. The van der Waals surface area contributed by atoms with Gasteiger partial charge in [-0.3, -0.25) is 0 Å². The number of nitrogens with two attached hydrogens (primary N) is 1. The fraction of sp³-hybridized carbons (Fsp3) is 0.167. The van der Waals surface area contributed by atoms with Gasteiger partial charge in [0.2, 0.25) is 0 Å². The second-order valence-electron chi connectivity index (χ2n) is 3.31. The summed E-state index contributed by atoms with van der Waals surface area (Å²) in [5.74, 6) is 0.415. The first-order valence-electron chi connectivity index (χ1n) is 4.94. The molecule has 0 radical (unpaired) electrons. The van der Waals surface area contributed by atoms with Gasteiger partial charge < -0.3 is 10.5 Å². The molecule has 0 fully saturated rings. The number of halogens is 1. The molecule has 2 rings (SSSR count). The third-order valence-corrected chi connectivity index (χ3v) is 3.19. The zero-order valence-electron chi connectivity index (χ0n) is 8.65. The molecule has 0 saturated heterocycles. The molecule has 0 amide bonds. The van der Waals surface area contributed by atoms with Gasteiger partial charge in [0.1, 0.15) is 18.2 Å². The van der Waals surface area contributed by atoms with Crippen LogP contribution in [0.4, 0.5) is 4.39 Å². The zero-order valence-corrected chi connectivity index (χ0v) is 9.47. The molecule has 0 aliphatic rings. The largest absolute Gasteiger partial charge is 0.488 e. The van der Waals surface area contributed by atoms with E-state index in [1.807, 2.05) is 12.1 Å². The minimum Gasteiger partial charge on any atom is -0.488 e. The average Bonchev–Trinajstić information content (AvgIpc) is 2.76. The third-order valence-electron chi connectivity index (χ3n) is 2.11. The maximum atomic E-state index is 12.6. The molecule has 0 aliphatic carbocycles. The molecule has 0 atom stereocenters. The van der Waals surface area contributed by atoms with E-state index in [0.717, 1.165) is 9.75 Å². The van der Waals surface area contributed by atoms with E-state index in [0.29, 0.717) is 18.9 Å². The second kappa shape index (κ2) is 5.09. The van der Waals surface area contributed by atoms with Crippen molar-refractivity contribution in [3.8, 4) is 5.75 Å². The molecule has 1 aromatic heterocycles. The summed E-state index contributed by atoms with van der Waals surface area (Å²) in [7, 11) is 0. The molecular weight excluding hydrogens is 225 g/mol. The molecule has 0 spiro atoms. The molecule has 0 saturated carbocycles. The van der Waals surface area contributed by atoms with Crippen molar-refractivity contribution >= 4 is 11.3 Å². The smallest absolute Gasteiger partial charge is 0.123 e. The molecule has 84 valence electrons. The Kier molecular flexibility index (Phi) is 3.54. The lowest BCUT2D eigenvalue weighted by Crippen LogP contribution is -1.93. The van der Waals surface area contributed by atoms with Crippen molar-refractivity contribution in [2.24, 2.45) is 5.73 Å². The Balaban J connectivity index is 1.94. The molecule has 1 heterocycles. The molecule has 2 N–H and O–H groups in total. The third kappa shape index (κ3) is 2.81. The van der Waals surface area contributed by atoms with Gasteiger partial charge in [-0.2, -0.15) is 0 Å². The summed E-state index contributed by atoms with van der Waals surface area (Å²) in [5.41, 5.74) is 5.52. The summed E-state index contributed by atoms with van der Waals surface area (Å²) < 4.78 is 18.1. The summed E-state index contributed by atoms with van der Waals surface area (Å²) in [5, 5.41) is 0. The number of ether oxygens (including phenoxy) is 1. The summed E-state index contributed by atoms with van der Waals surface area (Å²) in [6.07, 6.45) is 0. The zero-order chi connectivity index (χ0) is 11.4. The molecule has 0 bridgehead atoms. The number of benzene rings is 1. The van der Waals surface area contributed by atoms with Crippen LogP contribution in [0, 0.1) is 5.82 Å². The van der Waals surface area contributed by atoms with Gasteiger partial charge in [0.25, 0.3) is 0 Å². The predicted molar refractivity (Wildman–Crippen MR) is 62.9 cm³/mol. The van der Waals surface area contributed by atoms with Crippen LogP contribution >= 0.6 is 11.3 Å². The standard InChI is InChI=1S/C12H12FNOS/c13-9-1-3-10(4-2-9)15-8-12-6-5-11(7-14)16-12/h1-6H,7-8,14H2. The van der Waals surface area contributed by atoms with Gasteiger partial charge in [0.15, 0.2) is 0 Å². The Morgan fingerprint density at radius 2 is 1.75 bits per heavy atom. The van der Waals surface area contributed by atoms with E-state index in [9.17, 15) is 4.39 Å². The lowest BCUT2D eigenvalue weighted by molar-refractivity contribution is 0.309. The van der Waals surface area contributed by atoms with Crippen LogP contribution in [0.25, 0.3) is 0 Å². The van der Waals surface area contributed by atoms with E-state index >= 15 is 0 Å². The van der Waals surface area contributed by atoms with Gasteiger partial charge in [-0.05, 0) is 36.4 Å². The van der Waals surface area contributed by atoms with Crippen LogP contribution < -0.4 is 10.5 Å². The molecule has 16 heavy (non-hydrogen) atoms. The number of hydrogen-bond donors (Lipinski definition) is 1. The van der Waals surface area contributed by atoms with E-state index in [2.05, 4.69) is 0 Å². The van der Waals surface area contributed by atoms with E-state index in [1.54, 1.807) is 23.5 Å². The van der Waals surface area contributed by atoms with Crippen molar-refractivity contribution in [3.05, 3.63) is 52.0 Å². The van der Waals surface area contributed by atoms with Crippen molar-refractivity contribution in [2.45, 2.75) is 13.2 Å². The average molecular weight is 237 g/mol. The van der Waals surface area contributed by atoms with Gasteiger partial charge in [-0.15, -0.1) is 11.3 Å². The number of hydrogen-bond acceptors (Lipinski definition) is 3. The lowest BCUT2D eigenvalue weighted by atomic mass is 10.3. The fourth-order valence-electron chi connectivity index (χ4n) is 1.29. The summed E-state index contributed by atoms with van der Waals surface area (Å²) >= 11 is 1.63. The van der Waals surface area contributed by atoms with Crippen LogP contribution in [0.1, 0.15) is 9.75 Å². The first-order chi connectivity index (χ1) is 7.78. The lowest BCUT2D eigenvalue weighted by Gasteiger charge is -2.03. The van der Waals surface area contributed by atoms with Crippen molar-refractivity contribution in [1.29, 1.82) is 0 Å². The molecule has 1 aromatic carbocycles. The van der Waals surface area contributed by atoms with Crippen LogP contribution in [0.2, 0.25) is 0 Å². The van der Waals surface area contributed by atoms with Crippen LogP contribution in [-0.2, 0) is 13.2 Å². The molecule has 0 unspecified atom stereocenters. The summed E-state index contributed by atoms with van der Waals surface area (Å²) in [4.78, 5) is 2.25. The Bertz CT molecular complexity index is 452. The first kappa shape index (κ1) is 11.1. The van der Waals surface area contributed by atoms with Gasteiger partial charge >= 0.3 is 0 Å². The van der Waals surface area contributed by atoms with Gasteiger partial charge in [-0.25, -0.2) is 4.39 Å². The van der Waals surface area contributed by atoms with Gasteiger partial charge in [-0.1, -0.05) is 0 Å². The van der Waals surface area contributed by atoms with Gasteiger partial charge in [0.05, 0.1) is 0 Å². The predicted octanol–water partition coefficient (Wildman–Crippen LogP) is 2.92. The first-order valence-corrected chi connectivity index (χ1v) is 5.75. The van der Waals surface area contributed by atoms with Crippen molar-refractivity contribution in [1.82, 2.24) is 0 Å². The van der Waals surface area contributed by atoms with Crippen LogP contribution in [0.5, 0.6) is 5.75 Å². The molecule has 2 aromatic rings. The second-order valence-corrected chi connectivity index (χ2v) is 4.57. The van der Waals surface area contributed by atoms with Crippen molar-refractivity contribution < 1.29 is 9.13 Å². The maximum Gasteiger partial charge on any atom is 0.123 e. The highest BCUT2D eigenvalue weighted by molar-refractivity contribution is 7.11. The summed E-state index contributed by atoms with van der Waals surface area (Å²) in [6.45, 7) is 1.05. The SMILES string of the molecule is NCc1ccc(COc2ccc(F)cc2)s1. The van der Waals surface area contributed by atoms with Gasteiger partial charge in [0, 0.05) is 16.3 Å². The molecule has 0 aliphatic heterocycles. The molecule has 2 nitrogen and oxygen atoms in total. The Morgan fingerprint density at radius 1 is 1.06 bits per heavy atom. The Morgan fingerprint density at radius 3 is 2.38 bits per heavy atom. The van der Waals surface area contributed by atoms with Crippen molar-refractivity contribution in [3.63, 3.8) is 0 Å². The summed E-state index contributed by atoms with van der Waals surface area (Å²) in [6, 6.07) is 9.99. The highest BCUT2D eigenvalue weighted by Gasteiger charge is 2.00. The quantitative estimate of drug-likeness (QED) is 0.887. The monoisotopic (exact) mass is 237 g/mol. The van der Waals surface area contributed by atoms with Crippen LogP contribution in [0.3, 0.4) is 0 Å². The van der Waals surface area contributed by atoms with Crippen molar-refractivity contribution in [2.75, 3.05) is 0 Å². The van der Waals surface area contributed by atoms with E-state index in [4.69, 9.17) is 10.5 Å². The topological polar surface area (TPSA) is 35.2 Å². The maximum absolute atomic E-state index is 12.6. The highest BCUT2D eigenvalue weighted by atomic mass is 32.1. The Hall–Kier alpha value is -1.39. The van der Waals surface area contributed by atoms with E-state index in [-0.39, 0.29) is 5.82 Å². The Labute approximate surface area is 97.5 Å².